The molecule has 0 bridgehead atoms. The van der Waals surface area contributed by atoms with Crippen molar-refractivity contribution in [1.82, 2.24) is 14.9 Å². The van der Waals surface area contributed by atoms with Gasteiger partial charge in [0.25, 0.3) is 0 Å². The van der Waals surface area contributed by atoms with Crippen molar-refractivity contribution < 1.29 is 5.11 Å². The number of rotatable bonds is 5. The maximum atomic E-state index is 9.05. The SMILES string of the molecule is CC(C)(C)NCc1nccn1Cc1ccc(CO)cc1. The molecule has 1 aromatic heterocycles. The fourth-order valence-corrected chi connectivity index (χ4v) is 1.94. The highest BCUT2D eigenvalue weighted by Gasteiger charge is 2.11. The summed E-state index contributed by atoms with van der Waals surface area (Å²) in [6.07, 6.45) is 3.83. The van der Waals surface area contributed by atoms with Crippen LogP contribution in [0.2, 0.25) is 0 Å². The molecule has 1 heterocycles. The van der Waals surface area contributed by atoms with Gasteiger partial charge in [-0.2, -0.15) is 0 Å². The average Bonchev–Trinajstić information content (AvgIpc) is 2.84. The van der Waals surface area contributed by atoms with Crippen molar-refractivity contribution in [2.45, 2.75) is 46.0 Å². The Morgan fingerprint density at radius 3 is 2.40 bits per heavy atom. The normalized spacial score (nSPS) is 11.8. The highest BCUT2D eigenvalue weighted by Crippen LogP contribution is 2.09. The summed E-state index contributed by atoms with van der Waals surface area (Å²) < 4.78 is 2.15. The minimum absolute atomic E-state index is 0.0829. The van der Waals surface area contributed by atoms with Crippen LogP contribution in [0.15, 0.2) is 36.7 Å². The van der Waals surface area contributed by atoms with E-state index in [4.69, 9.17) is 5.11 Å². The Hall–Kier alpha value is -1.65. The molecule has 4 heteroatoms. The summed E-state index contributed by atoms with van der Waals surface area (Å²) in [5.41, 5.74) is 2.23. The van der Waals surface area contributed by atoms with E-state index in [-0.39, 0.29) is 12.1 Å². The number of imidazole rings is 1. The number of nitrogens with one attached hydrogen (secondary N) is 1. The number of aromatic nitrogens is 2. The van der Waals surface area contributed by atoms with Crippen LogP contribution in [-0.4, -0.2) is 20.2 Å². The number of aliphatic hydroxyl groups is 1. The summed E-state index contributed by atoms with van der Waals surface area (Å²) in [6, 6.07) is 8.01. The molecule has 0 amide bonds. The Bertz CT molecular complexity index is 538. The number of benzene rings is 1. The maximum absolute atomic E-state index is 9.05. The van der Waals surface area contributed by atoms with Gasteiger partial charge >= 0.3 is 0 Å². The monoisotopic (exact) mass is 273 g/mol. The highest BCUT2D eigenvalue weighted by molar-refractivity contribution is 5.22. The van der Waals surface area contributed by atoms with Crippen molar-refractivity contribution in [3.8, 4) is 0 Å². The van der Waals surface area contributed by atoms with Crippen molar-refractivity contribution in [3.05, 3.63) is 53.6 Å². The Morgan fingerprint density at radius 2 is 1.80 bits per heavy atom. The van der Waals surface area contributed by atoms with Gasteiger partial charge in [0.2, 0.25) is 0 Å². The first-order chi connectivity index (χ1) is 9.48. The zero-order chi connectivity index (χ0) is 14.6. The molecule has 20 heavy (non-hydrogen) atoms. The van der Waals surface area contributed by atoms with Gasteiger partial charge in [-0.05, 0) is 31.9 Å². The zero-order valence-electron chi connectivity index (χ0n) is 12.4. The molecule has 0 aliphatic carbocycles. The molecular weight excluding hydrogens is 250 g/mol. The summed E-state index contributed by atoms with van der Waals surface area (Å²) >= 11 is 0. The number of aliphatic hydroxyl groups excluding tert-OH is 1. The van der Waals surface area contributed by atoms with Gasteiger partial charge in [-0.1, -0.05) is 24.3 Å². The molecule has 108 valence electrons. The first kappa shape index (κ1) is 14.8. The highest BCUT2D eigenvalue weighted by atomic mass is 16.3. The predicted molar refractivity (Wildman–Crippen MR) is 80.3 cm³/mol. The third-order valence-corrected chi connectivity index (χ3v) is 3.14. The Labute approximate surface area is 120 Å². The van der Waals surface area contributed by atoms with Crippen LogP contribution >= 0.6 is 0 Å². The lowest BCUT2D eigenvalue weighted by Crippen LogP contribution is -2.36. The lowest BCUT2D eigenvalue weighted by Gasteiger charge is -2.20. The lowest BCUT2D eigenvalue weighted by molar-refractivity contribution is 0.282. The Kier molecular flexibility index (Phi) is 4.57. The second-order valence-corrected chi connectivity index (χ2v) is 6.05. The zero-order valence-corrected chi connectivity index (χ0v) is 12.4. The molecule has 0 spiro atoms. The molecule has 0 aliphatic rings. The quantitative estimate of drug-likeness (QED) is 0.879. The molecule has 0 radical (unpaired) electrons. The van der Waals surface area contributed by atoms with E-state index < -0.39 is 0 Å². The summed E-state index contributed by atoms with van der Waals surface area (Å²) in [7, 11) is 0. The van der Waals surface area contributed by atoms with Crippen LogP contribution in [0.1, 0.15) is 37.7 Å². The molecule has 0 saturated heterocycles. The summed E-state index contributed by atoms with van der Waals surface area (Å²) in [4.78, 5) is 4.41. The average molecular weight is 273 g/mol. The van der Waals surface area contributed by atoms with E-state index in [0.717, 1.165) is 24.5 Å². The molecule has 1 aromatic carbocycles. The smallest absolute Gasteiger partial charge is 0.122 e. The van der Waals surface area contributed by atoms with Crippen LogP contribution in [0.5, 0.6) is 0 Å². The van der Waals surface area contributed by atoms with Crippen LogP contribution in [0.3, 0.4) is 0 Å². The van der Waals surface area contributed by atoms with Gasteiger partial charge in [0.15, 0.2) is 0 Å². The van der Waals surface area contributed by atoms with E-state index in [1.807, 2.05) is 36.7 Å². The van der Waals surface area contributed by atoms with Crippen LogP contribution in [0.4, 0.5) is 0 Å². The largest absolute Gasteiger partial charge is 0.392 e. The van der Waals surface area contributed by atoms with Gasteiger partial charge in [0.05, 0.1) is 13.2 Å². The van der Waals surface area contributed by atoms with E-state index in [1.165, 1.54) is 5.56 Å². The second kappa shape index (κ2) is 6.20. The van der Waals surface area contributed by atoms with Crippen molar-refractivity contribution in [2.24, 2.45) is 0 Å². The van der Waals surface area contributed by atoms with Gasteiger partial charge in [0, 0.05) is 24.5 Å². The Balaban J connectivity index is 2.04. The van der Waals surface area contributed by atoms with Crippen molar-refractivity contribution in [2.75, 3.05) is 0 Å². The van der Waals surface area contributed by atoms with Gasteiger partial charge < -0.3 is 15.0 Å². The molecule has 0 fully saturated rings. The fourth-order valence-electron chi connectivity index (χ4n) is 1.94. The van der Waals surface area contributed by atoms with Gasteiger partial charge in [0.1, 0.15) is 5.82 Å². The molecule has 0 unspecified atom stereocenters. The molecule has 2 N–H and O–H groups in total. The topological polar surface area (TPSA) is 50.1 Å². The minimum atomic E-state index is 0.0829. The summed E-state index contributed by atoms with van der Waals surface area (Å²) in [5, 5.41) is 12.5. The van der Waals surface area contributed by atoms with Gasteiger partial charge in [-0.3, -0.25) is 0 Å². The number of hydrogen-bond donors (Lipinski definition) is 2. The fraction of sp³-hybridized carbons (Fsp3) is 0.438. The number of hydrogen-bond acceptors (Lipinski definition) is 3. The molecular formula is C16H23N3O. The maximum Gasteiger partial charge on any atom is 0.122 e. The third kappa shape index (κ3) is 4.18. The van der Waals surface area contributed by atoms with Crippen molar-refractivity contribution in [3.63, 3.8) is 0 Å². The third-order valence-electron chi connectivity index (χ3n) is 3.14. The van der Waals surface area contributed by atoms with Gasteiger partial charge in [-0.25, -0.2) is 4.98 Å². The van der Waals surface area contributed by atoms with Crippen molar-refractivity contribution in [1.29, 1.82) is 0 Å². The lowest BCUT2D eigenvalue weighted by atomic mass is 10.1. The van der Waals surface area contributed by atoms with Crippen LogP contribution in [-0.2, 0) is 19.7 Å². The predicted octanol–water partition coefficient (Wildman–Crippen LogP) is 2.31. The standard InChI is InChI=1S/C16H23N3O/c1-16(2,3)18-10-15-17-8-9-19(15)11-13-4-6-14(12-20)7-5-13/h4-9,18,20H,10-12H2,1-3H3. The molecule has 0 saturated carbocycles. The summed E-state index contributed by atoms with van der Waals surface area (Å²) in [5.74, 6) is 1.03. The van der Waals surface area contributed by atoms with Gasteiger partial charge in [-0.15, -0.1) is 0 Å². The minimum Gasteiger partial charge on any atom is -0.392 e. The molecule has 0 atom stereocenters. The molecule has 0 aliphatic heterocycles. The summed E-state index contributed by atoms with van der Waals surface area (Å²) in [6.45, 7) is 8.08. The van der Waals surface area contributed by atoms with E-state index in [0.29, 0.717) is 0 Å². The van der Waals surface area contributed by atoms with Crippen molar-refractivity contribution >= 4 is 0 Å². The van der Waals surface area contributed by atoms with E-state index in [1.54, 1.807) is 0 Å². The van der Waals surface area contributed by atoms with Crippen LogP contribution in [0.25, 0.3) is 0 Å². The first-order valence-corrected chi connectivity index (χ1v) is 6.91. The van der Waals surface area contributed by atoms with E-state index in [2.05, 4.69) is 35.6 Å². The first-order valence-electron chi connectivity index (χ1n) is 6.91. The Morgan fingerprint density at radius 1 is 1.15 bits per heavy atom. The van der Waals surface area contributed by atoms with E-state index in [9.17, 15) is 0 Å². The molecule has 2 aromatic rings. The molecule has 2 rings (SSSR count). The van der Waals surface area contributed by atoms with Crippen LogP contribution in [0, 0.1) is 0 Å². The van der Waals surface area contributed by atoms with Crippen LogP contribution < -0.4 is 5.32 Å². The molecule has 4 nitrogen and oxygen atoms in total. The second-order valence-electron chi connectivity index (χ2n) is 6.05. The number of nitrogens with zero attached hydrogens (tertiary/aromatic N) is 2. The van der Waals surface area contributed by atoms with E-state index >= 15 is 0 Å².